The summed E-state index contributed by atoms with van der Waals surface area (Å²) in [6.07, 6.45) is 2.94. The highest BCUT2D eigenvalue weighted by atomic mass is 16.6. The van der Waals surface area contributed by atoms with E-state index in [1.807, 2.05) is 30.3 Å². The number of fused-ring (bicyclic) bond motifs is 2. The number of carbonyl (C=O) groups excluding carboxylic acids is 2. The summed E-state index contributed by atoms with van der Waals surface area (Å²) in [5.41, 5.74) is 0.515. The minimum Gasteiger partial charge on any atom is -0.462 e. The van der Waals surface area contributed by atoms with E-state index in [0.29, 0.717) is 12.4 Å². The predicted octanol–water partition coefficient (Wildman–Crippen LogP) is 2.40. The average Bonchev–Trinajstić information content (AvgIpc) is 3.04. The third-order valence-corrected chi connectivity index (χ3v) is 4.60. The molecule has 3 rings (SSSR count). The SMILES string of the molecule is O=COC1CC2CCC1(NC(=O)OCc1ccccc1)C2. The largest absolute Gasteiger partial charge is 0.462 e. The van der Waals surface area contributed by atoms with Gasteiger partial charge in [-0.25, -0.2) is 4.79 Å². The van der Waals surface area contributed by atoms with E-state index in [-0.39, 0.29) is 12.7 Å². The smallest absolute Gasteiger partial charge is 0.408 e. The first-order valence-corrected chi connectivity index (χ1v) is 7.30. The summed E-state index contributed by atoms with van der Waals surface area (Å²) in [6, 6.07) is 9.54. The molecule has 0 heterocycles. The van der Waals surface area contributed by atoms with Gasteiger partial charge in [-0.05, 0) is 37.2 Å². The van der Waals surface area contributed by atoms with E-state index in [9.17, 15) is 9.59 Å². The number of ether oxygens (including phenoxy) is 2. The molecule has 3 unspecified atom stereocenters. The Balaban J connectivity index is 1.57. The first-order chi connectivity index (χ1) is 10.2. The topological polar surface area (TPSA) is 64.6 Å². The van der Waals surface area contributed by atoms with Crippen LogP contribution in [0.15, 0.2) is 30.3 Å². The van der Waals surface area contributed by atoms with E-state index in [1.165, 1.54) is 0 Å². The van der Waals surface area contributed by atoms with Crippen LogP contribution in [0.25, 0.3) is 0 Å². The van der Waals surface area contributed by atoms with E-state index >= 15 is 0 Å². The third kappa shape index (κ3) is 2.86. The van der Waals surface area contributed by atoms with E-state index in [0.717, 1.165) is 31.2 Å². The van der Waals surface area contributed by atoms with Crippen molar-refractivity contribution in [2.24, 2.45) is 5.92 Å². The number of nitrogens with one attached hydrogen (secondary N) is 1. The minimum atomic E-state index is -0.444. The predicted molar refractivity (Wildman–Crippen MR) is 75.4 cm³/mol. The van der Waals surface area contributed by atoms with Crippen LogP contribution in [-0.2, 0) is 20.9 Å². The number of hydrogen-bond donors (Lipinski definition) is 1. The van der Waals surface area contributed by atoms with Gasteiger partial charge in [0.15, 0.2) is 0 Å². The molecule has 1 amide bonds. The van der Waals surface area contributed by atoms with Crippen LogP contribution in [0.3, 0.4) is 0 Å². The Kier molecular flexibility index (Phi) is 3.82. The highest BCUT2D eigenvalue weighted by Crippen LogP contribution is 2.48. The Bertz CT molecular complexity index is 518. The number of carbonyl (C=O) groups is 2. The van der Waals surface area contributed by atoms with E-state index < -0.39 is 11.6 Å². The van der Waals surface area contributed by atoms with Crippen molar-refractivity contribution in [2.75, 3.05) is 0 Å². The third-order valence-electron chi connectivity index (χ3n) is 4.60. The molecule has 2 aliphatic carbocycles. The van der Waals surface area contributed by atoms with Gasteiger partial charge in [0, 0.05) is 0 Å². The molecule has 2 aliphatic rings. The zero-order chi connectivity index (χ0) is 14.7. The molecule has 2 bridgehead atoms. The van der Waals surface area contributed by atoms with Gasteiger partial charge in [0.05, 0.1) is 5.54 Å². The van der Waals surface area contributed by atoms with Gasteiger partial charge >= 0.3 is 6.09 Å². The molecular weight excluding hydrogens is 270 g/mol. The zero-order valence-electron chi connectivity index (χ0n) is 11.8. The number of amides is 1. The lowest BCUT2D eigenvalue weighted by Gasteiger charge is -2.33. The van der Waals surface area contributed by atoms with Gasteiger partial charge in [-0.15, -0.1) is 0 Å². The van der Waals surface area contributed by atoms with Crippen molar-refractivity contribution in [3.8, 4) is 0 Å². The molecule has 5 heteroatoms. The summed E-state index contributed by atoms with van der Waals surface area (Å²) in [5, 5.41) is 2.94. The highest BCUT2D eigenvalue weighted by Gasteiger charge is 2.54. The Morgan fingerprint density at radius 3 is 2.90 bits per heavy atom. The summed E-state index contributed by atoms with van der Waals surface area (Å²) >= 11 is 0. The first-order valence-electron chi connectivity index (χ1n) is 7.30. The molecule has 21 heavy (non-hydrogen) atoms. The maximum Gasteiger partial charge on any atom is 0.408 e. The van der Waals surface area contributed by atoms with Crippen molar-refractivity contribution in [2.45, 2.75) is 43.9 Å². The fourth-order valence-corrected chi connectivity index (χ4v) is 3.61. The quantitative estimate of drug-likeness (QED) is 0.845. The lowest BCUT2D eigenvalue weighted by atomic mass is 9.90. The molecule has 0 saturated heterocycles. The standard InChI is InChI=1S/C16H19NO4/c18-11-21-14-8-13-6-7-16(14,9-13)17-15(19)20-10-12-4-2-1-3-5-12/h1-5,11,13-14H,6-10H2,(H,17,19). The highest BCUT2D eigenvalue weighted by molar-refractivity contribution is 5.68. The molecule has 112 valence electrons. The normalized spacial score (nSPS) is 29.9. The van der Waals surface area contributed by atoms with Crippen molar-refractivity contribution in [1.29, 1.82) is 0 Å². The molecule has 0 aliphatic heterocycles. The van der Waals surface area contributed by atoms with Crippen LogP contribution >= 0.6 is 0 Å². The second kappa shape index (κ2) is 5.76. The molecule has 0 radical (unpaired) electrons. The number of hydrogen-bond acceptors (Lipinski definition) is 4. The first kappa shape index (κ1) is 13.9. The average molecular weight is 289 g/mol. The van der Waals surface area contributed by atoms with Crippen LogP contribution < -0.4 is 5.32 Å². The van der Waals surface area contributed by atoms with Gasteiger partial charge < -0.3 is 14.8 Å². The van der Waals surface area contributed by atoms with Crippen LogP contribution in [0.5, 0.6) is 0 Å². The zero-order valence-corrected chi connectivity index (χ0v) is 11.8. The number of rotatable bonds is 5. The maximum absolute atomic E-state index is 12.0. The molecule has 0 aromatic heterocycles. The fourth-order valence-electron chi connectivity index (χ4n) is 3.61. The van der Waals surface area contributed by atoms with Gasteiger partial charge in [-0.1, -0.05) is 30.3 Å². The van der Waals surface area contributed by atoms with E-state index in [2.05, 4.69) is 5.32 Å². The van der Waals surface area contributed by atoms with Gasteiger partial charge in [0.25, 0.3) is 6.47 Å². The van der Waals surface area contributed by atoms with Crippen molar-refractivity contribution >= 4 is 12.6 Å². The van der Waals surface area contributed by atoms with E-state index in [4.69, 9.17) is 9.47 Å². The Morgan fingerprint density at radius 1 is 1.38 bits per heavy atom. The lowest BCUT2D eigenvalue weighted by molar-refractivity contribution is -0.137. The second-order valence-corrected chi connectivity index (χ2v) is 5.91. The van der Waals surface area contributed by atoms with Gasteiger partial charge in [0.1, 0.15) is 12.7 Å². The van der Waals surface area contributed by atoms with Crippen molar-refractivity contribution < 1.29 is 19.1 Å². The number of alkyl carbamates (subject to hydrolysis) is 1. The molecule has 1 N–H and O–H groups in total. The van der Waals surface area contributed by atoms with Crippen LogP contribution in [-0.4, -0.2) is 24.2 Å². The Labute approximate surface area is 123 Å². The van der Waals surface area contributed by atoms with Crippen LogP contribution in [0.2, 0.25) is 0 Å². The minimum absolute atomic E-state index is 0.224. The molecule has 2 saturated carbocycles. The van der Waals surface area contributed by atoms with Crippen molar-refractivity contribution in [1.82, 2.24) is 5.32 Å². The second-order valence-electron chi connectivity index (χ2n) is 5.91. The maximum atomic E-state index is 12.0. The summed E-state index contributed by atoms with van der Waals surface area (Å²) in [5.74, 6) is 0.532. The van der Waals surface area contributed by atoms with Gasteiger partial charge in [0.2, 0.25) is 0 Å². The van der Waals surface area contributed by atoms with Crippen LogP contribution in [0.1, 0.15) is 31.2 Å². The summed E-state index contributed by atoms with van der Waals surface area (Å²) in [4.78, 5) is 22.6. The molecule has 2 fully saturated rings. The molecule has 3 atom stereocenters. The lowest BCUT2D eigenvalue weighted by Crippen LogP contribution is -2.54. The van der Waals surface area contributed by atoms with Crippen molar-refractivity contribution in [3.63, 3.8) is 0 Å². The monoisotopic (exact) mass is 289 g/mol. The molecule has 5 nitrogen and oxygen atoms in total. The molecular formula is C16H19NO4. The summed E-state index contributed by atoms with van der Waals surface area (Å²) in [7, 11) is 0. The molecule has 1 aromatic rings. The summed E-state index contributed by atoms with van der Waals surface area (Å²) in [6.45, 7) is 0.718. The van der Waals surface area contributed by atoms with E-state index in [1.54, 1.807) is 0 Å². The van der Waals surface area contributed by atoms with Gasteiger partial charge in [-0.3, -0.25) is 4.79 Å². The van der Waals surface area contributed by atoms with Crippen molar-refractivity contribution in [3.05, 3.63) is 35.9 Å². The van der Waals surface area contributed by atoms with Crippen LogP contribution in [0.4, 0.5) is 4.79 Å². The summed E-state index contributed by atoms with van der Waals surface area (Å²) < 4.78 is 10.4. The molecule has 0 spiro atoms. The fraction of sp³-hybridized carbons (Fsp3) is 0.500. The van der Waals surface area contributed by atoms with Crippen LogP contribution in [0, 0.1) is 5.92 Å². The van der Waals surface area contributed by atoms with Gasteiger partial charge in [-0.2, -0.15) is 0 Å². The molecule has 1 aromatic carbocycles. The number of benzene rings is 1. The Morgan fingerprint density at radius 2 is 2.19 bits per heavy atom. The Hall–Kier alpha value is -2.04.